The van der Waals surface area contributed by atoms with Crippen molar-refractivity contribution >= 4 is 0 Å². The number of rotatable bonds is 1. The van der Waals surface area contributed by atoms with Crippen LogP contribution in [0.1, 0.15) is 31.0 Å². The first-order chi connectivity index (χ1) is 10.8. The van der Waals surface area contributed by atoms with Crippen molar-refractivity contribution in [2.45, 2.75) is 31.6 Å². The number of aliphatic hydroxyl groups excluding tert-OH is 1. The van der Waals surface area contributed by atoms with Gasteiger partial charge in [0, 0.05) is 17.8 Å². The van der Waals surface area contributed by atoms with Gasteiger partial charge in [-0.25, -0.2) is 4.79 Å². The number of ether oxygens (including phenoxy) is 1. The van der Waals surface area contributed by atoms with Crippen molar-refractivity contribution in [3.8, 4) is 11.8 Å². The summed E-state index contributed by atoms with van der Waals surface area (Å²) in [6.45, 7) is 3.42. The fourth-order valence-electron chi connectivity index (χ4n) is 2.78. The standard InChI is InChI=1S/C16H15N3O4/c1-16(2)14(21)13(19-6-5-12(20)18-15(19)22)10-7-9(8-17)3-4-11(10)23-16/h3-7,13-14,21H,1-2H3,(H,18,20,22)/t13?,14-/m0/s1. The number of nitriles is 1. The molecule has 1 aliphatic heterocycles. The van der Waals surface area contributed by atoms with Gasteiger partial charge in [0.15, 0.2) is 0 Å². The number of aliphatic hydroxyl groups is 1. The van der Waals surface area contributed by atoms with Crippen molar-refractivity contribution in [3.63, 3.8) is 0 Å². The lowest BCUT2D eigenvalue weighted by Gasteiger charge is -2.42. The fourth-order valence-corrected chi connectivity index (χ4v) is 2.78. The molecule has 2 N–H and O–H groups in total. The number of hydrogen-bond acceptors (Lipinski definition) is 5. The number of fused-ring (bicyclic) bond motifs is 1. The highest BCUT2D eigenvalue weighted by atomic mass is 16.5. The summed E-state index contributed by atoms with van der Waals surface area (Å²) < 4.78 is 7.05. The maximum absolute atomic E-state index is 12.2. The van der Waals surface area contributed by atoms with Crippen LogP contribution in [0.4, 0.5) is 0 Å². The van der Waals surface area contributed by atoms with Gasteiger partial charge in [0.05, 0.1) is 17.7 Å². The molecule has 2 aromatic rings. The van der Waals surface area contributed by atoms with Gasteiger partial charge in [0.1, 0.15) is 17.5 Å². The maximum Gasteiger partial charge on any atom is 0.328 e. The molecule has 0 bridgehead atoms. The summed E-state index contributed by atoms with van der Waals surface area (Å²) >= 11 is 0. The molecular weight excluding hydrogens is 298 g/mol. The zero-order chi connectivity index (χ0) is 16.8. The van der Waals surface area contributed by atoms with E-state index in [1.165, 1.54) is 16.8 Å². The molecule has 0 amide bonds. The molecular formula is C16H15N3O4. The van der Waals surface area contributed by atoms with Crippen LogP contribution in [0.5, 0.6) is 5.75 Å². The van der Waals surface area contributed by atoms with E-state index >= 15 is 0 Å². The van der Waals surface area contributed by atoms with Crippen LogP contribution in [0.25, 0.3) is 0 Å². The van der Waals surface area contributed by atoms with Crippen LogP contribution in [0.15, 0.2) is 40.1 Å². The molecule has 7 heteroatoms. The van der Waals surface area contributed by atoms with Crippen LogP contribution in [-0.4, -0.2) is 26.4 Å². The Morgan fingerprint density at radius 3 is 2.74 bits per heavy atom. The first-order valence-electron chi connectivity index (χ1n) is 7.06. The van der Waals surface area contributed by atoms with Crippen molar-refractivity contribution in [1.29, 1.82) is 5.26 Å². The molecule has 0 radical (unpaired) electrons. The average Bonchev–Trinajstić information content (AvgIpc) is 2.49. The zero-order valence-corrected chi connectivity index (χ0v) is 12.6. The molecule has 23 heavy (non-hydrogen) atoms. The molecule has 0 aliphatic carbocycles. The molecule has 0 saturated heterocycles. The van der Waals surface area contributed by atoms with Gasteiger partial charge < -0.3 is 9.84 Å². The van der Waals surface area contributed by atoms with Gasteiger partial charge in [0.25, 0.3) is 5.56 Å². The summed E-state index contributed by atoms with van der Waals surface area (Å²) in [6.07, 6.45) is 0.284. The Hall–Kier alpha value is -2.85. The normalized spacial score (nSPS) is 21.8. The lowest BCUT2D eigenvalue weighted by Crippen LogP contribution is -2.52. The largest absolute Gasteiger partial charge is 0.485 e. The van der Waals surface area contributed by atoms with Crippen molar-refractivity contribution in [1.82, 2.24) is 9.55 Å². The predicted molar refractivity (Wildman–Crippen MR) is 81.3 cm³/mol. The van der Waals surface area contributed by atoms with E-state index in [0.29, 0.717) is 16.9 Å². The molecule has 7 nitrogen and oxygen atoms in total. The van der Waals surface area contributed by atoms with Crippen molar-refractivity contribution in [2.75, 3.05) is 0 Å². The Morgan fingerprint density at radius 2 is 2.09 bits per heavy atom. The second-order valence-corrected chi connectivity index (χ2v) is 5.98. The number of aromatic amines is 1. The third-order valence-electron chi connectivity index (χ3n) is 3.99. The lowest BCUT2D eigenvalue weighted by molar-refractivity contribution is -0.0645. The molecule has 0 fully saturated rings. The number of aromatic nitrogens is 2. The molecule has 118 valence electrons. The summed E-state index contributed by atoms with van der Waals surface area (Å²) in [7, 11) is 0. The number of benzene rings is 1. The van der Waals surface area contributed by atoms with Crippen molar-refractivity contribution in [2.24, 2.45) is 0 Å². The van der Waals surface area contributed by atoms with Gasteiger partial charge in [0.2, 0.25) is 0 Å². The number of nitrogens with zero attached hydrogens (tertiary/aromatic N) is 2. The molecule has 1 aromatic carbocycles. The molecule has 0 spiro atoms. The Labute approximate surface area is 131 Å². The summed E-state index contributed by atoms with van der Waals surface area (Å²) in [5.74, 6) is 0.488. The molecule has 2 atom stereocenters. The third-order valence-corrected chi connectivity index (χ3v) is 3.99. The highest BCUT2D eigenvalue weighted by Crippen LogP contribution is 2.41. The highest BCUT2D eigenvalue weighted by Gasteiger charge is 2.44. The average molecular weight is 313 g/mol. The first-order valence-corrected chi connectivity index (χ1v) is 7.06. The smallest absolute Gasteiger partial charge is 0.328 e. The highest BCUT2D eigenvalue weighted by molar-refractivity contribution is 5.46. The summed E-state index contributed by atoms with van der Waals surface area (Å²) in [5.41, 5.74) is -1.18. The first kappa shape index (κ1) is 15.1. The second-order valence-electron chi connectivity index (χ2n) is 5.98. The van der Waals surface area contributed by atoms with Crippen LogP contribution in [0.2, 0.25) is 0 Å². The van der Waals surface area contributed by atoms with E-state index < -0.39 is 29.0 Å². The van der Waals surface area contributed by atoms with Gasteiger partial charge in [-0.05, 0) is 32.0 Å². The van der Waals surface area contributed by atoms with Crippen molar-refractivity contribution < 1.29 is 9.84 Å². The Morgan fingerprint density at radius 1 is 1.35 bits per heavy atom. The topological polar surface area (TPSA) is 108 Å². The number of hydrogen-bond donors (Lipinski definition) is 2. The molecule has 0 saturated carbocycles. The van der Waals surface area contributed by atoms with E-state index in [4.69, 9.17) is 10.00 Å². The zero-order valence-electron chi connectivity index (χ0n) is 12.6. The van der Waals surface area contributed by atoms with Crippen LogP contribution >= 0.6 is 0 Å². The van der Waals surface area contributed by atoms with Gasteiger partial charge in [-0.1, -0.05) is 0 Å². The van der Waals surface area contributed by atoms with Gasteiger partial charge >= 0.3 is 5.69 Å². The molecule has 3 rings (SSSR count). The Bertz CT molecular complexity index is 920. The van der Waals surface area contributed by atoms with Crippen molar-refractivity contribution in [3.05, 3.63) is 62.4 Å². The quantitative estimate of drug-likeness (QED) is 0.798. The van der Waals surface area contributed by atoms with E-state index in [0.717, 1.165) is 0 Å². The Kier molecular flexibility index (Phi) is 3.34. The van der Waals surface area contributed by atoms with Crippen LogP contribution < -0.4 is 16.0 Å². The van der Waals surface area contributed by atoms with Gasteiger partial charge in [-0.3, -0.25) is 14.3 Å². The SMILES string of the molecule is CC1(C)Oc2ccc(C#N)cc2C(n2ccc(=O)[nH]c2=O)[C@@H]1O. The molecule has 1 aliphatic rings. The molecule has 2 heterocycles. The lowest BCUT2D eigenvalue weighted by atomic mass is 9.85. The number of nitrogens with one attached hydrogen (secondary N) is 1. The van der Waals surface area contributed by atoms with E-state index in [2.05, 4.69) is 4.98 Å². The summed E-state index contributed by atoms with van der Waals surface area (Å²) in [6, 6.07) is 7.30. The minimum Gasteiger partial charge on any atom is -0.485 e. The van der Waals surface area contributed by atoms with Crippen LogP contribution in [-0.2, 0) is 0 Å². The summed E-state index contributed by atoms with van der Waals surface area (Å²) in [5, 5.41) is 19.8. The van der Waals surface area contributed by atoms with E-state index in [1.54, 1.807) is 32.0 Å². The Balaban J connectivity index is 2.28. The second kappa shape index (κ2) is 5.11. The van der Waals surface area contributed by atoms with E-state index in [1.807, 2.05) is 6.07 Å². The maximum atomic E-state index is 12.2. The summed E-state index contributed by atoms with van der Waals surface area (Å²) in [4.78, 5) is 25.6. The monoisotopic (exact) mass is 313 g/mol. The third kappa shape index (κ3) is 2.43. The van der Waals surface area contributed by atoms with Crippen LogP contribution in [0, 0.1) is 11.3 Å². The minimum atomic E-state index is -1.05. The van der Waals surface area contributed by atoms with Gasteiger partial charge in [-0.15, -0.1) is 0 Å². The van der Waals surface area contributed by atoms with E-state index in [-0.39, 0.29) is 0 Å². The number of H-pyrrole nitrogens is 1. The minimum absolute atomic E-state index is 0.390. The van der Waals surface area contributed by atoms with Crippen LogP contribution in [0.3, 0.4) is 0 Å². The molecule has 1 aromatic heterocycles. The fraction of sp³-hybridized carbons (Fsp3) is 0.312. The van der Waals surface area contributed by atoms with Gasteiger partial charge in [-0.2, -0.15) is 5.26 Å². The molecule has 1 unspecified atom stereocenters. The predicted octanol–water partition coefficient (Wildman–Crippen LogP) is 0.530. The van der Waals surface area contributed by atoms with E-state index in [9.17, 15) is 14.7 Å².